The SMILES string of the molecule is CN=C(NCCn1cc(C)cn1)NCc1ccccc1C.I. The van der Waals surface area contributed by atoms with Crippen LogP contribution < -0.4 is 10.6 Å². The molecule has 0 aliphatic carbocycles. The van der Waals surface area contributed by atoms with Crippen molar-refractivity contribution in [3.05, 3.63) is 53.3 Å². The Labute approximate surface area is 149 Å². The molecule has 120 valence electrons. The number of halogens is 1. The molecule has 1 aromatic carbocycles. The first-order valence-electron chi connectivity index (χ1n) is 7.17. The number of guanidine groups is 1. The van der Waals surface area contributed by atoms with Gasteiger partial charge in [-0.1, -0.05) is 24.3 Å². The average molecular weight is 413 g/mol. The van der Waals surface area contributed by atoms with Gasteiger partial charge in [0.05, 0.1) is 12.7 Å². The normalized spacial score (nSPS) is 11.0. The van der Waals surface area contributed by atoms with E-state index in [1.165, 1.54) is 16.7 Å². The molecule has 0 amide bonds. The summed E-state index contributed by atoms with van der Waals surface area (Å²) in [6.45, 7) is 6.54. The van der Waals surface area contributed by atoms with Gasteiger partial charge in [0, 0.05) is 26.3 Å². The van der Waals surface area contributed by atoms with E-state index in [1.807, 2.05) is 24.0 Å². The van der Waals surface area contributed by atoms with E-state index in [4.69, 9.17) is 0 Å². The lowest BCUT2D eigenvalue weighted by atomic mass is 10.1. The van der Waals surface area contributed by atoms with Crippen molar-refractivity contribution < 1.29 is 0 Å². The molecule has 2 N–H and O–H groups in total. The van der Waals surface area contributed by atoms with E-state index >= 15 is 0 Å². The largest absolute Gasteiger partial charge is 0.355 e. The second kappa shape index (κ2) is 9.45. The van der Waals surface area contributed by atoms with Crippen LogP contribution in [-0.4, -0.2) is 29.3 Å². The maximum absolute atomic E-state index is 4.26. The molecule has 1 aromatic heterocycles. The zero-order valence-corrected chi connectivity index (χ0v) is 15.7. The summed E-state index contributed by atoms with van der Waals surface area (Å²) in [5, 5.41) is 10.9. The monoisotopic (exact) mass is 413 g/mol. The molecule has 0 aliphatic rings. The quantitative estimate of drug-likeness (QED) is 0.450. The number of rotatable bonds is 5. The molecular weight excluding hydrogens is 389 g/mol. The maximum Gasteiger partial charge on any atom is 0.191 e. The summed E-state index contributed by atoms with van der Waals surface area (Å²) in [6.07, 6.45) is 3.90. The molecule has 22 heavy (non-hydrogen) atoms. The van der Waals surface area contributed by atoms with Crippen LogP contribution in [0.3, 0.4) is 0 Å². The van der Waals surface area contributed by atoms with Crippen molar-refractivity contribution in [3.8, 4) is 0 Å². The lowest BCUT2D eigenvalue weighted by Gasteiger charge is -2.13. The number of hydrogen-bond acceptors (Lipinski definition) is 2. The minimum absolute atomic E-state index is 0. The number of nitrogens with one attached hydrogen (secondary N) is 2. The van der Waals surface area contributed by atoms with Gasteiger partial charge >= 0.3 is 0 Å². The molecule has 0 saturated heterocycles. The van der Waals surface area contributed by atoms with Gasteiger partial charge in [0.1, 0.15) is 0 Å². The Kier molecular flexibility index (Phi) is 7.94. The van der Waals surface area contributed by atoms with Crippen LogP contribution >= 0.6 is 24.0 Å². The van der Waals surface area contributed by atoms with Crippen molar-refractivity contribution >= 4 is 29.9 Å². The third kappa shape index (κ3) is 5.67. The van der Waals surface area contributed by atoms with Crippen molar-refractivity contribution in [3.63, 3.8) is 0 Å². The molecule has 0 radical (unpaired) electrons. The van der Waals surface area contributed by atoms with Gasteiger partial charge in [-0.15, -0.1) is 24.0 Å². The van der Waals surface area contributed by atoms with Crippen molar-refractivity contribution in [2.75, 3.05) is 13.6 Å². The van der Waals surface area contributed by atoms with Crippen LogP contribution in [0.5, 0.6) is 0 Å². The zero-order valence-electron chi connectivity index (χ0n) is 13.3. The molecule has 2 rings (SSSR count). The summed E-state index contributed by atoms with van der Waals surface area (Å²) < 4.78 is 1.93. The fraction of sp³-hybridized carbons (Fsp3) is 0.375. The standard InChI is InChI=1S/C16H23N5.HI/c1-13-10-20-21(12-13)9-8-18-16(17-3)19-11-15-7-5-4-6-14(15)2;/h4-7,10,12H,8-9,11H2,1-3H3,(H2,17,18,19);1H. The smallest absolute Gasteiger partial charge is 0.191 e. The second-order valence-corrected chi connectivity index (χ2v) is 5.06. The molecule has 0 fully saturated rings. The Morgan fingerprint density at radius 1 is 1.23 bits per heavy atom. The minimum atomic E-state index is 0. The van der Waals surface area contributed by atoms with Crippen LogP contribution in [0.15, 0.2) is 41.7 Å². The van der Waals surface area contributed by atoms with Crippen LogP contribution in [0.2, 0.25) is 0 Å². The predicted molar refractivity (Wildman–Crippen MR) is 102 cm³/mol. The zero-order chi connectivity index (χ0) is 15.1. The molecule has 1 heterocycles. The lowest BCUT2D eigenvalue weighted by molar-refractivity contribution is 0.597. The first-order valence-corrected chi connectivity index (χ1v) is 7.17. The van der Waals surface area contributed by atoms with Gasteiger partial charge in [0.2, 0.25) is 0 Å². The van der Waals surface area contributed by atoms with E-state index in [0.717, 1.165) is 25.6 Å². The van der Waals surface area contributed by atoms with Gasteiger partial charge in [0.15, 0.2) is 5.96 Å². The number of aromatic nitrogens is 2. The molecule has 0 saturated carbocycles. The molecule has 0 unspecified atom stereocenters. The molecule has 0 spiro atoms. The van der Waals surface area contributed by atoms with Crippen LogP contribution in [0, 0.1) is 13.8 Å². The van der Waals surface area contributed by atoms with Crippen molar-refractivity contribution in [1.82, 2.24) is 20.4 Å². The predicted octanol–water partition coefficient (Wildman–Crippen LogP) is 2.48. The average Bonchev–Trinajstić information content (AvgIpc) is 2.90. The van der Waals surface area contributed by atoms with Crippen LogP contribution in [0.4, 0.5) is 0 Å². The highest BCUT2D eigenvalue weighted by atomic mass is 127. The van der Waals surface area contributed by atoms with E-state index in [1.54, 1.807) is 7.05 Å². The van der Waals surface area contributed by atoms with Crippen LogP contribution in [0.25, 0.3) is 0 Å². The third-order valence-corrected chi connectivity index (χ3v) is 3.33. The van der Waals surface area contributed by atoms with Crippen molar-refractivity contribution in [1.29, 1.82) is 0 Å². The van der Waals surface area contributed by atoms with Gasteiger partial charge in [-0.05, 0) is 30.5 Å². The highest BCUT2D eigenvalue weighted by molar-refractivity contribution is 14.0. The summed E-state index contributed by atoms with van der Waals surface area (Å²) in [5.41, 5.74) is 3.74. The number of aryl methyl sites for hydroxylation is 2. The molecule has 6 heteroatoms. The van der Waals surface area contributed by atoms with Gasteiger partial charge in [0.25, 0.3) is 0 Å². The van der Waals surface area contributed by atoms with E-state index in [-0.39, 0.29) is 24.0 Å². The first-order chi connectivity index (χ1) is 10.2. The van der Waals surface area contributed by atoms with E-state index < -0.39 is 0 Å². The fourth-order valence-electron chi connectivity index (χ4n) is 2.09. The number of nitrogens with zero attached hydrogens (tertiary/aromatic N) is 3. The first kappa shape index (κ1) is 18.5. The molecule has 0 aliphatic heterocycles. The van der Waals surface area contributed by atoms with Crippen LogP contribution in [0.1, 0.15) is 16.7 Å². The van der Waals surface area contributed by atoms with Gasteiger partial charge in [-0.25, -0.2) is 0 Å². The Balaban J connectivity index is 0.00000242. The summed E-state index contributed by atoms with van der Waals surface area (Å²) in [7, 11) is 1.78. The van der Waals surface area contributed by atoms with Crippen LogP contribution in [-0.2, 0) is 13.1 Å². The van der Waals surface area contributed by atoms with E-state index in [2.05, 4.69) is 51.9 Å². The topological polar surface area (TPSA) is 54.2 Å². The van der Waals surface area contributed by atoms with Crippen molar-refractivity contribution in [2.24, 2.45) is 4.99 Å². The minimum Gasteiger partial charge on any atom is -0.355 e. The number of benzene rings is 1. The highest BCUT2D eigenvalue weighted by Crippen LogP contribution is 2.05. The van der Waals surface area contributed by atoms with Gasteiger partial charge < -0.3 is 10.6 Å². The van der Waals surface area contributed by atoms with Gasteiger partial charge in [-0.3, -0.25) is 9.67 Å². The summed E-state index contributed by atoms with van der Waals surface area (Å²) in [4.78, 5) is 4.23. The molecule has 2 aromatic rings. The van der Waals surface area contributed by atoms with E-state index in [0.29, 0.717) is 0 Å². The van der Waals surface area contributed by atoms with Gasteiger partial charge in [-0.2, -0.15) is 5.10 Å². The van der Waals surface area contributed by atoms with E-state index in [9.17, 15) is 0 Å². The Bertz CT molecular complexity index is 606. The fourth-order valence-corrected chi connectivity index (χ4v) is 2.09. The Morgan fingerprint density at radius 2 is 2.00 bits per heavy atom. The Hall–Kier alpha value is -1.57. The molecule has 0 bridgehead atoms. The summed E-state index contributed by atoms with van der Waals surface area (Å²) >= 11 is 0. The lowest BCUT2D eigenvalue weighted by Crippen LogP contribution is -2.38. The number of aliphatic imine (C=N–C) groups is 1. The van der Waals surface area contributed by atoms with Crippen molar-refractivity contribution in [2.45, 2.75) is 26.9 Å². The summed E-state index contributed by atoms with van der Waals surface area (Å²) in [6, 6.07) is 8.35. The maximum atomic E-state index is 4.26. The third-order valence-electron chi connectivity index (χ3n) is 3.33. The molecule has 0 atom stereocenters. The Morgan fingerprint density at radius 3 is 2.64 bits per heavy atom. The number of hydrogen-bond donors (Lipinski definition) is 2. The summed E-state index contributed by atoms with van der Waals surface area (Å²) in [5.74, 6) is 0.808. The molecule has 5 nitrogen and oxygen atoms in total. The highest BCUT2D eigenvalue weighted by Gasteiger charge is 2.00. The second-order valence-electron chi connectivity index (χ2n) is 5.06. The molecular formula is C16H24IN5.